The Kier molecular flexibility index (Phi) is 6.27. The van der Waals surface area contributed by atoms with Crippen LogP contribution in [0.4, 0.5) is 0 Å². The summed E-state index contributed by atoms with van der Waals surface area (Å²) in [6.45, 7) is 14.7. The third-order valence-corrected chi connectivity index (χ3v) is 3.43. The molecule has 1 rings (SSSR count). The Labute approximate surface area is 118 Å². The number of nitrogens with zero attached hydrogens (tertiary/aromatic N) is 1. The van der Waals surface area contributed by atoms with Crippen molar-refractivity contribution in [1.29, 1.82) is 0 Å². The van der Waals surface area contributed by atoms with Gasteiger partial charge in [0.15, 0.2) is 0 Å². The maximum Gasteiger partial charge on any atom is 0.237 e. The van der Waals surface area contributed by atoms with Crippen LogP contribution in [-0.2, 0) is 4.79 Å². The summed E-state index contributed by atoms with van der Waals surface area (Å²) in [6.07, 6.45) is 2.68. The Hall–Kier alpha value is -0.610. The number of carbonyl (C=O) groups excluding carboxylic acids is 1. The molecule has 0 radical (unpaired) electrons. The Morgan fingerprint density at radius 2 is 1.79 bits per heavy atom. The van der Waals surface area contributed by atoms with E-state index in [-0.39, 0.29) is 17.5 Å². The molecule has 4 heteroatoms. The average molecular weight is 269 g/mol. The van der Waals surface area contributed by atoms with Crippen molar-refractivity contribution in [2.75, 3.05) is 26.2 Å². The topological polar surface area (TPSA) is 44.4 Å². The Morgan fingerprint density at radius 3 is 2.32 bits per heavy atom. The highest BCUT2D eigenvalue weighted by Gasteiger charge is 2.20. The van der Waals surface area contributed by atoms with Crippen LogP contribution in [0.2, 0.25) is 0 Å². The zero-order chi connectivity index (χ0) is 14.5. The predicted molar refractivity (Wildman–Crippen MR) is 80.2 cm³/mol. The van der Waals surface area contributed by atoms with Gasteiger partial charge in [-0.1, -0.05) is 6.92 Å². The van der Waals surface area contributed by atoms with Crippen molar-refractivity contribution in [3.63, 3.8) is 0 Å². The van der Waals surface area contributed by atoms with Crippen LogP contribution >= 0.6 is 0 Å². The lowest BCUT2D eigenvalue weighted by Crippen LogP contribution is -2.50. The molecule has 0 aliphatic carbocycles. The minimum Gasteiger partial charge on any atom is -0.350 e. The fourth-order valence-electron chi connectivity index (χ4n) is 2.42. The second-order valence-electron chi connectivity index (χ2n) is 6.98. The van der Waals surface area contributed by atoms with Crippen molar-refractivity contribution in [2.45, 2.75) is 59.0 Å². The lowest BCUT2D eigenvalue weighted by atomic mass is 10.1. The van der Waals surface area contributed by atoms with E-state index in [1.54, 1.807) is 0 Å². The third kappa shape index (κ3) is 6.92. The summed E-state index contributed by atoms with van der Waals surface area (Å²) in [6, 6.07) is -0.125. The lowest BCUT2D eigenvalue weighted by molar-refractivity contribution is -0.124. The minimum atomic E-state index is -0.159. The Balaban J connectivity index is 2.21. The summed E-state index contributed by atoms with van der Waals surface area (Å²) < 4.78 is 0. The molecule has 0 bridgehead atoms. The molecule has 1 amide bonds. The molecule has 2 N–H and O–H groups in total. The Morgan fingerprint density at radius 1 is 1.21 bits per heavy atom. The first kappa shape index (κ1) is 16.4. The van der Waals surface area contributed by atoms with E-state index in [4.69, 9.17) is 0 Å². The number of amides is 1. The van der Waals surface area contributed by atoms with E-state index in [2.05, 4.69) is 22.5 Å². The molecule has 19 heavy (non-hydrogen) atoms. The van der Waals surface area contributed by atoms with Crippen LogP contribution in [0.1, 0.15) is 47.5 Å². The van der Waals surface area contributed by atoms with E-state index >= 15 is 0 Å². The largest absolute Gasteiger partial charge is 0.350 e. The van der Waals surface area contributed by atoms with Crippen molar-refractivity contribution >= 4 is 5.91 Å². The molecule has 1 aliphatic heterocycles. The van der Waals surface area contributed by atoms with Crippen LogP contribution in [-0.4, -0.2) is 48.6 Å². The average Bonchev–Trinajstić information content (AvgIpc) is 2.76. The standard InChI is InChI=1S/C15H31N3O/c1-12(11-18-8-6-7-9-18)10-16-13(2)14(19)17-15(3,4)5/h12-13,16H,6-11H2,1-5H3,(H,17,19). The number of likely N-dealkylation sites (tertiary alicyclic amines) is 1. The quantitative estimate of drug-likeness (QED) is 0.770. The molecule has 1 aliphatic rings. The summed E-state index contributed by atoms with van der Waals surface area (Å²) in [7, 11) is 0. The van der Waals surface area contributed by atoms with Crippen molar-refractivity contribution in [3.8, 4) is 0 Å². The summed E-state index contributed by atoms with van der Waals surface area (Å²) in [5.41, 5.74) is -0.159. The molecule has 0 aromatic rings. The molecule has 0 aromatic heterocycles. The third-order valence-electron chi connectivity index (χ3n) is 3.43. The van der Waals surface area contributed by atoms with Crippen LogP contribution in [0.5, 0.6) is 0 Å². The second kappa shape index (κ2) is 7.25. The van der Waals surface area contributed by atoms with Gasteiger partial charge in [-0.2, -0.15) is 0 Å². The van der Waals surface area contributed by atoms with E-state index < -0.39 is 0 Å². The van der Waals surface area contributed by atoms with E-state index in [0.717, 1.165) is 13.1 Å². The van der Waals surface area contributed by atoms with Gasteiger partial charge < -0.3 is 15.5 Å². The van der Waals surface area contributed by atoms with Gasteiger partial charge >= 0.3 is 0 Å². The first-order chi connectivity index (χ1) is 8.78. The SMILES string of the molecule is CC(CNC(C)C(=O)NC(C)(C)C)CN1CCCC1. The molecule has 0 aromatic carbocycles. The molecule has 0 spiro atoms. The van der Waals surface area contributed by atoms with Crippen molar-refractivity contribution < 1.29 is 4.79 Å². The fourth-order valence-corrected chi connectivity index (χ4v) is 2.42. The monoisotopic (exact) mass is 269 g/mol. The zero-order valence-electron chi connectivity index (χ0n) is 13.3. The van der Waals surface area contributed by atoms with Gasteiger partial charge in [0.2, 0.25) is 5.91 Å². The van der Waals surface area contributed by atoms with Gasteiger partial charge in [-0.3, -0.25) is 4.79 Å². The fraction of sp³-hybridized carbons (Fsp3) is 0.933. The van der Waals surface area contributed by atoms with Crippen LogP contribution in [0.25, 0.3) is 0 Å². The minimum absolute atomic E-state index is 0.0841. The summed E-state index contributed by atoms with van der Waals surface area (Å²) >= 11 is 0. The molecule has 112 valence electrons. The summed E-state index contributed by atoms with van der Waals surface area (Å²) in [5, 5.41) is 6.34. The van der Waals surface area contributed by atoms with Crippen LogP contribution in [0.15, 0.2) is 0 Å². The highest BCUT2D eigenvalue weighted by atomic mass is 16.2. The van der Waals surface area contributed by atoms with Crippen LogP contribution in [0.3, 0.4) is 0 Å². The lowest BCUT2D eigenvalue weighted by Gasteiger charge is -2.25. The molecular formula is C15H31N3O. The number of rotatable bonds is 6. The Bertz CT molecular complexity index is 280. The molecule has 2 atom stereocenters. The summed E-state index contributed by atoms with van der Waals surface area (Å²) in [4.78, 5) is 14.5. The zero-order valence-corrected chi connectivity index (χ0v) is 13.3. The molecule has 1 fully saturated rings. The first-order valence-electron chi connectivity index (χ1n) is 7.55. The number of carbonyl (C=O) groups is 1. The number of hydrogen-bond acceptors (Lipinski definition) is 3. The van der Waals surface area contributed by atoms with Gasteiger partial charge in [0.25, 0.3) is 0 Å². The van der Waals surface area contributed by atoms with Gasteiger partial charge in [0, 0.05) is 12.1 Å². The molecule has 0 saturated carbocycles. The highest BCUT2D eigenvalue weighted by Crippen LogP contribution is 2.09. The van der Waals surface area contributed by atoms with E-state index in [9.17, 15) is 4.79 Å². The highest BCUT2D eigenvalue weighted by molar-refractivity contribution is 5.81. The van der Waals surface area contributed by atoms with Gasteiger partial charge in [0.05, 0.1) is 6.04 Å². The normalized spacial score (nSPS) is 20.3. The molecule has 2 unspecified atom stereocenters. The van der Waals surface area contributed by atoms with Crippen LogP contribution in [0, 0.1) is 5.92 Å². The molecule has 1 saturated heterocycles. The van der Waals surface area contributed by atoms with Gasteiger partial charge in [-0.25, -0.2) is 0 Å². The van der Waals surface area contributed by atoms with E-state index in [1.807, 2.05) is 27.7 Å². The second-order valence-corrected chi connectivity index (χ2v) is 6.98. The maximum absolute atomic E-state index is 11.9. The van der Waals surface area contributed by atoms with Gasteiger partial charge in [-0.05, 0) is 66.1 Å². The number of hydrogen-bond donors (Lipinski definition) is 2. The maximum atomic E-state index is 11.9. The first-order valence-corrected chi connectivity index (χ1v) is 7.55. The van der Waals surface area contributed by atoms with E-state index in [0.29, 0.717) is 5.92 Å². The van der Waals surface area contributed by atoms with Crippen molar-refractivity contribution in [1.82, 2.24) is 15.5 Å². The smallest absolute Gasteiger partial charge is 0.237 e. The molecular weight excluding hydrogens is 238 g/mol. The van der Waals surface area contributed by atoms with E-state index in [1.165, 1.54) is 25.9 Å². The number of nitrogens with one attached hydrogen (secondary N) is 2. The van der Waals surface area contributed by atoms with Gasteiger partial charge in [0.1, 0.15) is 0 Å². The van der Waals surface area contributed by atoms with Crippen molar-refractivity contribution in [2.24, 2.45) is 5.92 Å². The summed E-state index contributed by atoms with van der Waals surface area (Å²) in [5.74, 6) is 0.670. The van der Waals surface area contributed by atoms with Crippen molar-refractivity contribution in [3.05, 3.63) is 0 Å². The molecule has 1 heterocycles. The molecule has 4 nitrogen and oxygen atoms in total. The predicted octanol–water partition coefficient (Wildman–Crippen LogP) is 1.61. The van der Waals surface area contributed by atoms with Crippen LogP contribution < -0.4 is 10.6 Å². The van der Waals surface area contributed by atoms with Gasteiger partial charge in [-0.15, -0.1) is 0 Å².